The zero-order valence-electron chi connectivity index (χ0n) is 9.80. The molecule has 0 saturated carbocycles. The van der Waals surface area contributed by atoms with Gasteiger partial charge < -0.3 is 10.0 Å². The fourth-order valence-electron chi connectivity index (χ4n) is 1.58. The van der Waals surface area contributed by atoms with Crippen LogP contribution >= 0.6 is 0 Å². The topological polar surface area (TPSA) is 83.7 Å². The molecule has 0 unspecified atom stereocenters. The second kappa shape index (κ2) is 5.95. The maximum absolute atomic E-state index is 13.7. The fourth-order valence-corrected chi connectivity index (χ4v) is 1.58. The van der Waals surface area contributed by atoms with Crippen LogP contribution in [0, 0.1) is 15.9 Å². The molecule has 0 saturated heterocycles. The molecule has 1 aromatic carbocycles. The molecule has 7 heteroatoms. The van der Waals surface area contributed by atoms with Crippen LogP contribution in [0.3, 0.4) is 0 Å². The van der Waals surface area contributed by atoms with Gasteiger partial charge in [0, 0.05) is 12.6 Å². The fraction of sp³-hybridized carbons (Fsp3) is 0.364. The first-order chi connectivity index (χ1) is 8.45. The van der Waals surface area contributed by atoms with Gasteiger partial charge in [0.1, 0.15) is 6.54 Å². The Bertz CT molecular complexity index is 464. The van der Waals surface area contributed by atoms with Gasteiger partial charge in [-0.1, -0.05) is 6.92 Å². The minimum absolute atomic E-state index is 0.0600. The van der Waals surface area contributed by atoms with Crippen molar-refractivity contribution in [2.45, 2.75) is 13.3 Å². The van der Waals surface area contributed by atoms with Crippen LogP contribution in [0.5, 0.6) is 0 Å². The van der Waals surface area contributed by atoms with Crippen LogP contribution in [0.1, 0.15) is 13.3 Å². The van der Waals surface area contributed by atoms with Gasteiger partial charge in [-0.05, 0) is 12.5 Å². The van der Waals surface area contributed by atoms with E-state index in [-0.39, 0.29) is 17.9 Å². The highest BCUT2D eigenvalue weighted by Crippen LogP contribution is 2.24. The monoisotopic (exact) mass is 256 g/mol. The number of nitrogens with zero attached hydrogens (tertiary/aromatic N) is 2. The molecule has 0 atom stereocenters. The molecule has 1 rings (SSSR count). The minimum Gasteiger partial charge on any atom is -0.480 e. The van der Waals surface area contributed by atoms with Crippen LogP contribution in [0.15, 0.2) is 18.2 Å². The lowest BCUT2D eigenvalue weighted by Gasteiger charge is -2.22. The highest BCUT2D eigenvalue weighted by molar-refractivity contribution is 5.74. The van der Waals surface area contributed by atoms with Crippen LogP contribution in [0.25, 0.3) is 0 Å². The number of halogens is 1. The van der Waals surface area contributed by atoms with Gasteiger partial charge in [0.15, 0.2) is 5.82 Å². The molecule has 0 aromatic heterocycles. The number of carbonyl (C=O) groups is 1. The van der Waals surface area contributed by atoms with Crippen molar-refractivity contribution in [2.24, 2.45) is 0 Å². The molecular weight excluding hydrogens is 243 g/mol. The minimum atomic E-state index is -1.08. The van der Waals surface area contributed by atoms with E-state index in [0.29, 0.717) is 13.0 Å². The number of carboxylic acid groups (broad SMARTS) is 1. The summed E-state index contributed by atoms with van der Waals surface area (Å²) in [6.45, 7) is 1.85. The molecule has 0 aliphatic heterocycles. The van der Waals surface area contributed by atoms with Gasteiger partial charge >= 0.3 is 5.97 Å². The predicted octanol–water partition coefficient (Wildman–Crippen LogP) is 2.03. The summed E-state index contributed by atoms with van der Waals surface area (Å²) in [4.78, 5) is 21.8. The molecule has 18 heavy (non-hydrogen) atoms. The maximum Gasteiger partial charge on any atom is 0.323 e. The van der Waals surface area contributed by atoms with Crippen molar-refractivity contribution in [3.63, 3.8) is 0 Å². The Morgan fingerprint density at radius 2 is 2.22 bits per heavy atom. The van der Waals surface area contributed by atoms with Gasteiger partial charge in [0.25, 0.3) is 5.69 Å². The van der Waals surface area contributed by atoms with E-state index >= 15 is 0 Å². The Morgan fingerprint density at radius 3 is 2.67 bits per heavy atom. The van der Waals surface area contributed by atoms with E-state index in [1.54, 1.807) is 0 Å². The van der Waals surface area contributed by atoms with Crippen LogP contribution in [0.2, 0.25) is 0 Å². The van der Waals surface area contributed by atoms with Crippen molar-refractivity contribution in [3.05, 3.63) is 34.1 Å². The van der Waals surface area contributed by atoms with Gasteiger partial charge in [-0.3, -0.25) is 14.9 Å². The number of carboxylic acids is 1. The van der Waals surface area contributed by atoms with E-state index in [2.05, 4.69) is 0 Å². The van der Waals surface area contributed by atoms with Crippen LogP contribution in [-0.4, -0.2) is 29.1 Å². The molecule has 0 bridgehead atoms. The van der Waals surface area contributed by atoms with E-state index in [1.165, 1.54) is 11.0 Å². The van der Waals surface area contributed by atoms with Crippen LogP contribution in [-0.2, 0) is 4.79 Å². The smallest absolute Gasteiger partial charge is 0.323 e. The number of hydrogen-bond acceptors (Lipinski definition) is 4. The molecule has 0 heterocycles. The van der Waals surface area contributed by atoms with E-state index in [9.17, 15) is 19.3 Å². The lowest BCUT2D eigenvalue weighted by atomic mass is 10.2. The zero-order chi connectivity index (χ0) is 13.7. The molecule has 98 valence electrons. The second-order valence-electron chi connectivity index (χ2n) is 3.71. The Hall–Kier alpha value is -2.18. The molecule has 6 nitrogen and oxygen atoms in total. The zero-order valence-corrected chi connectivity index (χ0v) is 9.80. The Labute approximate surface area is 103 Å². The van der Waals surface area contributed by atoms with Crippen molar-refractivity contribution in [3.8, 4) is 0 Å². The molecular formula is C11H13FN2O4. The third kappa shape index (κ3) is 3.41. The lowest BCUT2D eigenvalue weighted by Crippen LogP contribution is -2.31. The SMILES string of the molecule is CCCN(CC(=O)O)c1ccc([N+](=O)[O-])cc1F. The number of nitro benzene ring substituents is 1. The van der Waals surface area contributed by atoms with Crippen molar-refractivity contribution >= 4 is 17.3 Å². The molecule has 0 fully saturated rings. The van der Waals surface area contributed by atoms with E-state index in [0.717, 1.165) is 12.1 Å². The third-order valence-electron chi connectivity index (χ3n) is 2.30. The molecule has 0 aliphatic carbocycles. The normalized spacial score (nSPS) is 10.1. The molecule has 1 N–H and O–H groups in total. The average Bonchev–Trinajstić information content (AvgIpc) is 2.27. The van der Waals surface area contributed by atoms with Crippen molar-refractivity contribution in [2.75, 3.05) is 18.0 Å². The average molecular weight is 256 g/mol. The summed E-state index contributed by atoms with van der Waals surface area (Å²) in [5, 5.41) is 19.2. The third-order valence-corrected chi connectivity index (χ3v) is 2.30. The molecule has 0 radical (unpaired) electrons. The summed E-state index contributed by atoms with van der Waals surface area (Å²) < 4.78 is 13.7. The first-order valence-corrected chi connectivity index (χ1v) is 5.36. The molecule has 0 spiro atoms. The number of aliphatic carboxylic acids is 1. The van der Waals surface area contributed by atoms with Crippen LogP contribution in [0.4, 0.5) is 15.8 Å². The molecule has 0 amide bonds. The maximum atomic E-state index is 13.7. The summed E-state index contributed by atoms with van der Waals surface area (Å²) in [6.07, 6.45) is 0.643. The summed E-state index contributed by atoms with van der Waals surface area (Å²) in [5.41, 5.74) is -0.298. The lowest BCUT2D eigenvalue weighted by molar-refractivity contribution is -0.385. The second-order valence-corrected chi connectivity index (χ2v) is 3.71. The number of non-ortho nitro benzene ring substituents is 1. The van der Waals surface area contributed by atoms with Gasteiger partial charge in [0.05, 0.1) is 16.7 Å². The largest absolute Gasteiger partial charge is 0.480 e. The highest BCUT2D eigenvalue weighted by Gasteiger charge is 2.17. The number of hydrogen-bond donors (Lipinski definition) is 1. The van der Waals surface area contributed by atoms with Gasteiger partial charge in [-0.25, -0.2) is 4.39 Å². The first kappa shape index (κ1) is 13.9. The summed E-state index contributed by atoms with van der Waals surface area (Å²) in [6, 6.07) is 3.18. The number of anilines is 1. The molecule has 0 aliphatic rings. The highest BCUT2D eigenvalue weighted by atomic mass is 19.1. The molecule has 1 aromatic rings. The summed E-state index contributed by atoms with van der Waals surface area (Å²) >= 11 is 0. The Morgan fingerprint density at radius 1 is 1.56 bits per heavy atom. The Kier molecular flexibility index (Phi) is 4.59. The first-order valence-electron chi connectivity index (χ1n) is 5.36. The van der Waals surface area contributed by atoms with Gasteiger partial charge in [0.2, 0.25) is 0 Å². The number of rotatable bonds is 6. The van der Waals surface area contributed by atoms with E-state index in [4.69, 9.17) is 5.11 Å². The predicted molar refractivity (Wildman–Crippen MR) is 63.2 cm³/mol. The summed E-state index contributed by atoms with van der Waals surface area (Å²) in [7, 11) is 0. The van der Waals surface area contributed by atoms with Crippen molar-refractivity contribution in [1.29, 1.82) is 0 Å². The van der Waals surface area contributed by atoms with E-state index in [1.807, 2.05) is 6.92 Å². The number of nitro groups is 1. The van der Waals surface area contributed by atoms with Crippen molar-refractivity contribution in [1.82, 2.24) is 0 Å². The van der Waals surface area contributed by atoms with E-state index < -0.39 is 16.7 Å². The Balaban J connectivity index is 3.04. The summed E-state index contributed by atoms with van der Waals surface area (Å²) in [5.74, 6) is -1.87. The number of benzene rings is 1. The van der Waals surface area contributed by atoms with Crippen LogP contribution < -0.4 is 4.90 Å². The van der Waals surface area contributed by atoms with Gasteiger partial charge in [-0.15, -0.1) is 0 Å². The van der Waals surface area contributed by atoms with Gasteiger partial charge in [-0.2, -0.15) is 0 Å². The van der Waals surface area contributed by atoms with Crippen molar-refractivity contribution < 1.29 is 19.2 Å². The quantitative estimate of drug-likeness (QED) is 0.622. The standard InChI is InChI=1S/C11H13FN2O4/c1-2-5-13(7-11(15)16)10-4-3-8(14(17)18)6-9(10)12/h3-4,6H,2,5,7H2,1H3,(H,15,16).